The standard InChI is InChI=1S/C9H15F3O3/c1-6(2)7(8(13)14)3-4-15-5-9(10,11)12/h6-7H,3-5H2,1-2H3,(H,13,14). The van der Waals surface area contributed by atoms with E-state index in [0.717, 1.165) is 0 Å². The molecule has 0 aromatic heterocycles. The molecule has 6 heteroatoms. The Bertz CT molecular complexity index is 201. The lowest BCUT2D eigenvalue weighted by Crippen LogP contribution is -2.23. The highest BCUT2D eigenvalue weighted by molar-refractivity contribution is 5.70. The van der Waals surface area contributed by atoms with Gasteiger partial charge in [-0.05, 0) is 12.3 Å². The van der Waals surface area contributed by atoms with Crippen LogP contribution in [0.15, 0.2) is 0 Å². The Morgan fingerprint density at radius 1 is 1.40 bits per heavy atom. The van der Waals surface area contributed by atoms with Gasteiger partial charge in [-0.25, -0.2) is 0 Å². The Morgan fingerprint density at radius 3 is 2.27 bits per heavy atom. The van der Waals surface area contributed by atoms with Gasteiger partial charge in [0.1, 0.15) is 6.61 Å². The predicted molar refractivity (Wildman–Crippen MR) is 47.5 cm³/mol. The fourth-order valence-electron chi connectivity index (χ4n) is 1.14. The molecule has 1 N–H and O–H groups in total. The molecule has 0 aromatic rings. The van der Waals surface area contributed by atoms with Crippen molar-refractivity contribution in [2.45, 2.75) is 26.4 Å². The lowest BCUT2D eigenvalue weighted by molar-refractivity contribution is -0.175. The van der Waals surface area contributed by atoms with Gasteiger partial charge < -0.3 is 9.84 Å². The van der Waals surface area contributed by atoms with Crippen molar-refractivity contribution < 1.29 is 27.8 Å². The molecule has 0 aromatic carbocycles. The van der Waals surface area contributed by atoms with Gasteiger partial charge in [-0.2, -0.15) is 13.2 Å². The van der Waals surface area contributed by atoms with Gasteiger partial charge in [0.2, 0.25) is 0 Å². The molecule has 0 aliphatic heterocycles. The quantitative estimate of drug-likeness (QED) is 0.709. The number of carboxylic acids is 1. The fraction of sp³-hybridized carbons (Fsp3) is 0.889. The highest BCUT2D eigenvalue weighted by atomic mass is 19.4. The number of ether oxygens (including phenoxy) is 1. The van der Waals surface area contributed by atoms with Crippen LogP contribution in [-0.4, -0.2) is 30.5 Å². The molecule has 0 saturated carbocycles. The summed E-state index contributed by atoms with van der Waals surface area (Å²) in [5.41, 5.74) is 0. The predicted octanol–water partition coefficient (Wildman–Crippen LogP) is 2.31. The third-order valence-electron chi connectivity index (χ3n) is 1.96. The van der Waals surface area contributed by atoms with Crippen molar-refractivity contribution in [1.29, 1.82) is 0 Å². The number of aliphatic carboxylic acids is 1. The molecule has 0 amide bonds. The van der Waals surface area contributed by atoms with Gasteiger partial charge in [0.05, 0.1) is 5.92 Å². The van der Waals surface area contributed by atoms with Crippen LogP contribution in [0.1, 0.15) is 20.3 Å². The van der Waals surface area contributed by atoms with Crippen LogP contribution >= 0.6 is 0 Å². The largest absolute Gasteiger partial charge is 0.481 e. The van der Waals surface area contributed by atoms with Crippen LogP contribution in [-0.2, 0) is 9.53 Å². The molecule has 90 valence electrons. The highest BCUT2D eigenvalue weighted by Crippen LogP contribution is 2.17. The smallest absolute Gasteiger partial charge is 0.411 e. The minimum atomic E-state index is -4.35. The fourth-order valence-corrected chi connectivity index (χ4v) is 1.14. The van der Waals surface area contributed by atoms with E-state index in [2.05, 4.69) is 4.74 Å². The van der Waals surface area contributed by atoms with Crippen LogP contribution in [0, 0.1) is 11.8 Å². The van der Waals surface area contributed by atoms with Crippen molar-refractivity contribution in [3.8, 4) is 0 Å². The number of carboxylic acid groups (broad SMARTS) is 1. The van der Waals surface area contributed by atoms with Gasteiger partial charge in [0.15, 0.2) is 0 Å². The SMILES string of the molecule is CC(C)C(CCOCC(F)(F)F)C(=O)O. The van der Waals surface area contributed by atoms with Crippen molar-refractivity contribution in [3.05, 3.63) is 0 Å². The molecule has 0 heterocycles. The van der Waals surface area contributed by atoms with Crippen LogP contribution in [0.25, 0.3) is 0 Å². The lowest BCUT2D eigenvalue weighted by Gasteiger charge is -2.16. The second kappa shape index (κ2) is 5.95. The van der Waals surface area contributed by atoms with Gasteiger partial charge in [-0.1, -0.05) is 13.8 Å². The summed E-state index contributed by atoms with van der Waals surface area (Å²) >= 11 is 0. The van der Waals surface area contributed by atoms with E-state index in [1.807, 2.05) is 0 Å². The van der Waals surface area contributed by atoms with Crippen LogP contribution in [0.3, 0.4) is 0 Å². The number of hydrogen-bond donors (Lipinski definition) is 1. The summed E-state index contributed by atoms with van der Waals surface area (Å²) in [5.74, 6) is -1.77. The molecule has 1 atom stereocenters. The molecule has 1 unspecified atom stereocenters. The van der Waals surface area contributed by atoms with Crippen LogP contribution in [0.4, 0.5) is 13.2 Å². The summed E-state index contributed by atoms with van der Waals surface area (Å²) in [5, 5.41) is 8.73. The number of hydrogen-bond acceptors (Lipinski definition) is 2. The van der Waals surface area contributed by atoms with E-state index < -0.39 is 24.7 Å². The first-order chi connectivity index (χ1) is 6.74. The third kappa shape index (κ3) is 7.18. The highest BCUT2D eigenvalue weighted by Gasteiger charge is 2.28. The number of carbonyl (C=O) groups is 1. The zero-order chi connectivity index (χ0) is 12.1. The van der Waals surface area contributed by atoms with Crippen molar-refractivity contribution in [1.82, 2.24) is 0 Å². The van der Waals surface area contributed by atoms with E-state index in [-0.39, 0.29) is 18.9 Å². The molecule has 0 radical (unpaired) electrons. The Balaban J connectivity index is 3.78. The average molecular weight is 228 g/mol. The molecule has 0 spiro atoms. The third-order valence-corrected chi connectivity index (χ3v) is 1.96. The second-order valence-corrected chi connectivity index (χ2v) is 3.65. The summed E-state index contributed by atoms with van der Waals surface area (Å²) in [6.07, 6.45) is -4.25. The molecule has 0 fully saturated rings. The summed E-state index contributed by atoms with van der Waals surface area (Å²) < 4.78 is 39.3. The molecule has 0 aliphatic rings. The van der Waals surface area contributed by atoms with Crippen molar-refractivity contribution >= 4 is 5.97 Å². The Morgan fingerprint density at radius 2 is 1.93 bits per heavy atom. The number of alkyl halides is 3. The van der Waals surface area contributed by atoms with Gasteiger partial charge in [-0.15, -0.1) is 0 Å². The van der Waals surface area contributed by atoms with E-state index in [4.69, 9.17) is 5.11 Å². The molecular formula is C9H15F3O3. The Labute approximate surface area is 86.2 Å². The van der Waals surface area contributed by atoms with Gasteiger partial charge in [0.25, 0.3) is 0 Å². The van der Waals surface area contributed by atoms with Crippen molar-refractivity contribution in [2.75, 3.05) is 13.2 Å². The van der Waals surface area contributed by atoms with E-state index in [1.54, 1.807) is 13.8 Å². The second-order valence-electron chi connectivity index (χ2n) is 3.65. The summed E-state index contributed by atoms with van der Waals surface area (Å²) in [4.78, 5) is 10.7. The van der Waals surface area contributed by atoms with E-state index in [0.29, 0.717) is 0 Å². The molecule has 0 saturated heterocycles. The molecular weight excluding hydrogens is 213 g/mol. The van der Waals surface area contributed by atoms with E-state index in [1.165, 1.54) is 0 Å². The van der Waals surface area contributed by atoms with Crippen LogP contribution in [0.2, 0.25) is 0 Å². The van der Waals surface area contributed by atoms with Gasteiger partial charge >= 0.3 is 12.1 Å². The normalized spacial score (nSPS) is 14.3. The maximum atomic E-state index is 11.7. The van der Waals surface area contributed by atoms with Crippen LogP contribution < -0.4 is 0 Å². The van der Waals surface area contributed by atoms with Gasteiger partial charge in [-0.3, -0.25) is 4.79 Å². The summed E-state index contributed by atoms with van der Waals surface area (Å²) in [6.45, 7) is 1.91. The average Bonchev–Trinajstić information content (AvgIpc) is 2.00. The molecule has 3 nitrogen and oxygen atoms in total. The number of rotatable bonds is 6. The zero-order valence-corrected chi connectivity index (χ0v) is 8.67. The zero-order valence-electron chi connectivity index (χ0n) is 8.67. The first-order valence-corrected chi connectivity index (χ1v) is 4.61. The van der Waals surface area contributed by atoms with Gasteiger partial charge in [0, 0.05) is 6.61 Å². The maximum Gasteiger partial charge on any atom is 0.411 e. The topological polar surface area (TPSA) is 46.5 Å². The lowest BCUT2D eigenvalue weighted by atomic mass is 9.93. The molecule has 0 bridgehead atoms. The van der Waals surface area contributed by atoms with E-state index >= 15 is 0 Å². The maximum absolute atomic E-state index is 11.7. The monoisotopic (exact) mass is 228 g/mol. The first-order valence-electron chi connectivity index (χ1n) is 4.61. The summed E-state index contributed by atoms with van der Waals surface area (Å²) in [7, 11) is 0. The Hall–Kier alpha value is -0.780. The molecule has 15 heavy (non-hydrogen) atoms. The first kappa shape index (κ1) is 14.2. The summed E-state index contributed by atoms with van der Waals surface area (Å²) in [6, 6.07) is 0. The van der Waals surface area contributed by atoms with Crippen molar-refractivity contribution in [2.24, 2.45) is 11.8 Å². The number of halogens is 3. The van der Waals surface area contributed by atoms with E-state index in [9.17, 15) is 18.0 Å². The van der Waals surface area contributed by atoms with Crippen LogP contribution in [0.5, 0.6) is 0 Å². The molecule has 0 rings (SSSR count). The molecule has 0 aliphatic carbocycles. The minimum Gasteiger partial charge on any atom is -0.481 e. The minimum absolute atomic E-state index is 0.100. The Kier molecular flexibility index (Phi) is 5.64. The van der Waals surface area contributed by atoms with Crippen molar-refractivity contribution in [3.63, 3.8) is 0 Å².